The van der Waals surface area contributed by atoms with Crippen molar-refractivity contribution in [1.29, 1.82) is 0 Å². The van der Waals surface area contributed by atoms with E-state index in [-0.39, 0.29) is 12.5 Å². The quantitative estimate of drug-likeness (QED) is 0.804. The summed E-state index contributed by atoms with van der Waals surface area (Å²) in [5.74, 6) is 0.0759. The Hall–Kier alpha value is -1.69. The Morgan fingerprint density at radius 2 is 2.16 bits per heavy atom. The average molecular weight is 262 g/mol. The van der Waals surface area contributed by atoms with Crippen molar-refractivity contribution in [3.8, 4) is 5.88 Å². The lowest BCUT2D eigenvalue weighted by atomic mass is 9.53. The van der Waals surface area contributed by atoms with E-state index >= 15 is 0 Å². The number of carbonyl (C=O) groups excluding carboxylic acids is 1. The summed E-state index contributed by atoms with van der Waals surface area (Å²) in [6, 6.07) is 0.366. The zero-order valence-corrected chi connectivity index (χ0v) is 10.7. The minimum atomic E-state index is -0.408. The molecule has 0 aliphatic heterocycles. The van der Waals surface area contributed by atoms with Gasteiger partial charge in [0.05, 0.1) is 6.42 Å². The van der Waals surface area contributed by atoms with Crippen LogP contribution in [0.1, 0.15) is 31.2 Å². The van der Waals surface area contributed by atoms with Crippen molar-refractivity contribution in [3.05, 3.63) is 18.1 Å². The van der Waals surface area contributed by atoms with Crippen molar-refractivity contribution in [2.75, 3.05) is 0 Å². The molecule has 4 N–H and O–H groups in total. The molecule has 19 heavy (non-hydrogen) atoms. The summed E-state index contributed by atoms with van der Waals surface area (Å²) in [7, 11) is 0. The molecule has 0 radical (unpaired) electrons. The molecular formula is C13H18N4O2. The zero-order valence-electron chi connectivity index (χ0n) is 10.7. The van der Waals surface area contributed by atoms with Crippen LogP contribution < -0.4 is 16.2 Å². The van der Waals surface area contributed by atoms with Crippen LogP contribution >= 0.6 is 0 Å². The third-order valence-electron chi connectivity index (χ3n) is 4.10. The summed E-state index contributed by atoms with van der Waals surface area (Å²) in [5.41, 5.74) is 12.1. The van der Waals surface area contributed by atoms with Crippen LogP contribution in [-0.2, 0) is 11.2 Å². The highest BCUT2D eigenvalue weighted by Gasteiger charge is 2.53. The molecule has 0 aromatic carbocycles. The van der Waals surface area contributed by atoms with Crippen LogP contribution in [0.5, 0.6) is 5.88 Å². The number of ether oxygens (including phenoxy) is 1. The predicted octanol–water partition coefficient (Wildman–Crippen LogP) is 0.153. The summed E-state index contributed by atoms with van der Waals surface area (Å²) >= 11 is 0. The van der Waals surface area contributed by atoms with Gasteiger partial charge in [-0.2, -0.15) is 0 Å². The number of nitrogens with two attached hydrogens (primary N) is 2. The molecule has 2 aliphatic carbocycles. The molecule has 1 spiro atoms. The first kappa shape index (κ1) is 12.3. The van der Waals surface area contributed by atoms with Gasteiger partial charge < -0.3 is 16.2 Å². The average Bonchev–Trinajstić information content (AvgIpc) is 2.26. The number of aromatic nitrogens is 2. The standard InChI is InChI=1S/C13H18N4O2/c14-9-2-13(3-9)4-10(5-13)19-12-8(1-11(15)18)6-16-7-17-12/h6-7,9-10H,1-5,14H2,(H2,15,18). The number of hydrogen-bond donors (Lipinski definition) is 2. The molecule has 6 nitrogen and oxygen atoms in total. The molecule has 2 saturated carbocycles. The van der Waals surface area contributed by atoms with Gasteiger partial charge in [0.25, 0.3) is 0 Å². The highest BCUT2D eigenvalue weighted by molar-refractivity contribution is 5.77. The lowest BCUT2D eigenvalue weighted by Crippen LogP contribution is -2.56. The van der Waals surface area contributed by atoms with E-state index in [0.29, 0.717) is 22.9 Å². The van der Waals surface area contributed by atoms with Crippen molar-refractivity contribution in [2.24, 2.45) is 16.9 Å². The Morgan fingerprint density at radius 3 is 2.79 bits per heavy atom. The minimum absolute atomic E-state index is 0.110. The number of hydrogen-bond acceptors (Lipinski definition) is 5. The largest absolute Gasteiger partial charge is 0.474 e. The first-order valence-electron chi connectivity index (χ1n) is 6.56. The van der Waals surface area contributed by atoms with Gasteiger partial charge in [-0.1, -0.05) is 0 Å². The number of amides is 1. The Kier molecular flexibility index (Phi) is 2.89. The number of nitrogens with zero attached hydrogens (tertiary/aromatic N) is 2. The second-order valence-corrected chi connectivity index (χ2v) is 5.81. The maximum atomic E-state index is 11.0. The molecule has 2 fully saturated rings. The molecule has 1 aromatic heterocycles. The molecular weight excluding hydrogens is 244 g/mol. The van der Waals surface area contributed by atoms with Gasteiger partial charge in [-0.25, -0.2) is 9.97 Å². The Balaban J connectivity index is 1.60. The molecule has 3 rings (SSSR count). The van der Waals surface area contributed by atoms with E-state index in [0.717, 1.165) is 25.7 Å². The smallest absolute Gasteiger partial charge is 0.222 e. The number of rotatable bonds is 4. The molecule has 0 atom stereocenters. The number of carbonyl (C=O) groups is 1. The van der Waals surface area contributed by atoms with Gasteiger partial charge in [-0.15, -0.1) is 0 Å². The van der Waals surface area contributed by atoms with Crippen LogP contribution in [0.3, 0.4) is 0 Å². The lowest BCUT2D eigenvalue weighted by Gasteiger charge is -2.56. The minimum Gasteiger partial charge on any atom is -0.474 e. The summed E-state index contributed by atoms with van der Waals surface area (Å²) < 4.78 is 5.85. The van der Waals surface area contributed by atoms with E-state index in [9.17, 15) is 4.79 Å². The molecule has 1 aromatic rings. The maximum absolute atomic E-state index is 11.0. The molecule has 0 unspecified atom stereocenters. The van der Waals surface area contributed by atoms with Crippen molar-refractivity contribution < 1.29 is 9.53 Å². The number of primary amides is 1. The van der Waals surface area contributed by atoms with Gasteiger partial charge >= 0.3 is 0 Å². The van der Waals surface area contributed by atoms with Crippen molar-refractivity contribution >= 4 is 5.91 Å². The molecule has 102 valence electrons. The highest BCUT2D eigenvalue weighted by atomic mass is 16.5. The highest BCUT2D eigenvalue weighted by Crippen LogP contribution is 2.56. The van der Waals surface area contributed by atoms with Crippen molar-refractivity contribution in [3.63, 3.8) is 0 Å². The topological polar surface area (TPSA) is 104 Å². The van der Waals surface area contributed by atoms with E-state index in [1.54, 1.807) is 6.20 Å². The van der Waals surface area contributed by atoms with E-state index < -0.39 is 5.91 Å². The summed E-state index contributed by atoms with van der Waals surface area (Å²) in [6.45, 7) is 0. The fraction of sp³-hybridized carbons (Fsp3) is 0.615. The van der Waals surface area contributed by atoms with E-state index in [4.69, 9.17) is 16.2 Å². The summed E-state index contributed by atoms with van der Waals surface area (Å²) in [6.07, 6.45) is 7.55. The van der Waals surface area contributed by atoms with E-state index in [1.807, 2.05) is 0 Å². The SMILES string of the molecule is NC(=O)Cc1cncnc1OC1CC2(CC(N)C2)C1. The molecule has 2 aliphatic rings. The summed E-state index contributed by atoms with van der Waals surface area (Å²) in [4.78, 5) is 19.0. The van der Waals surface area contributed by atoms with Crippen molar-refractivity contribution in [1.82, 2.24) is 9.97 Å². The van der Waals surface area contributed by atoms with Crippen molar-refractivity contribution in [2.45, 2.75) is 44.2 Å². The molecule has 6 heteroatoms. The first-order chi connectivity index (χ1) is 9.06. The second-order valence-electron chi connectivity index (χ2n) is 5.81. The second kappa shape index (κ2) is 4.45. The fourth-order valence-corrected chi connectivity index (χ4v) is 3.30. The van der Waals surface area contributed by atoms with Crippen LogP contribution in [0.2, 0.25) is 0 Å². The van der Waals surface area contributed by atoms with Gasteiger partial charge in [0, 0.05) is 17.8 Å². The zero-order chi connectivity index (χ0) is 13.5. The summed E-state index contributed by atoms with van der Waals surface area (Å²) in [5, 5.41) is 0. The van der Waals surface area contributed by atoms with E-state index in [2.05, 4.69) is 9.97 Å². The Morgan fingerprint density at radius 1 is 1.42 bits per heavy atom. The Bertz CT molecular complexity index is 491. The van der Waals surface area contributed by atoms with Gasteiger partial charge in [0.2, 0.25) is 11.8 Å². The Labute approximate surface area is 111 Å². The third kappa shape index (κ3) is 2.40. The van der Waals surface area contributed by atoms with E-state index in [1.165, 1.54) is 6.33 Å². The normalized spacial score (nSPS) is 32.5. The van der Waals surface area contributed by atoms with Gasteiger partial charge in [0.15, 0.2) is 0 Å². The third-order valence-corrected chi connectivity index (χ3v) is 4.10. The fourth-order valence-electron chi connectivity index (χ4n) is 3.30. The van der Waals surface area contributed by atoms with Crippen LogP contribution in [0.4, 0.5) is 0 Å². The van der Waals surface area contributed by atoms with Gasteiger partial charge in [-0.05, 0) is 31.1 Å². The molecule has 0 saturated heterocycles. The lowest BCUT2D eigenvalue weighted by molar-refractivity contribution is -0.117. The van der Waals surface area contributed by atoms with Gasteiger partial charge in [-0.3, -0.25) is 4.79 Å². The van der Waals surface area contributed by atoms with Gasteiger partial charge in [0.1, 0.15) is 12.4 Å². The first-order valence-corrected chi connectivity index (χ1v) is 6.56. The van der Waals surface area contributed by atoms with Crippen LogP contribution in [0.25, 0.3) is 0 Å². The molecule has 1 amide bonds. The van der Waals surface area contributed by atoms with Crippen LogP contribution in [-0.4, -0.2) is 28.0 Å². The van der Waals surface area contributed by atoms with Crippen LogP contribution in [0.15, 0.2) is 12.5 Å². The molecule has 0 bridgehead atoms. The molecule has 1 heterocycles. The monoisotopic (exact) mass is 262 g/mol. The maximum Gasteiger partial charge on any atom is 0.222 e. The predicted molar refractivity (Wildman–Crippen MR) is 68.2 cm³/mol. The van der Waals surface area contributed by atoms with Crippen LogP contribution in [0, 0.1) is 5.41 Å².